The average Bonchev–Trinajstić information content (AvgIpc) is 3.34. The molecule has 4 nitrogen and oxygen atoms in total. The molecule has 26 heavy (non-hydrogen) atoms. The van der Waals surface area contributed by atoms with Gasteiger partial charge in [-0.05, 0) is 56.2 Å². The van der Waals surface area contributed by atoms with Crippen LogP contribution in [-0.4, -0.2) is 11.2 Å². The quantitative estimate of drug-likeness (QED) is 0.558. The van der Waals surface area contributed by atoms with Crippen LogP contribution in [-0.2, 0) is 0 Å². The van der Waals surface area contributed by atoms with Crippen LogP contribution in [0.2, 0.25) is 0 Å². The van der Waals surface area contributed by atoms with Crippen molar-refractivity contribution in [1.82, 2.24) is 4.57 Å². The number of aromatic nitrogens is 1. The molecule has 1 saturated carbocycles. The highest BCUT2D eigenvalue weighted by Crippen LogP contribution is 2.32. The minimum atomic E-state index is 0.497. The van der Waals surface area contributed by atoms with Crippen molar-refractivity contribution in [1.29, 1.82) is 0 Å². The number of furan rings is 1. The summed E-state index contributed by atoms with van der Waals surface area (Å²) in [4.78, 5) is 5.97. The van der Waals surface area contributed by atoms with Crippen molar-refractivity contribution in [3.63, 3.8) is 0 Å². The molecule has 0 N–H and O–H groups in total. The van der Waals surface area contributed by atoms with Gasteiger partial charge in [-0.15, -0.1) is 11.3 Å². The second-order valence-corrected chi connectivity index (χ2v) is 7.42. The van der Waals surface area contributed by atoms with Gasteiger partial charge in [0.15, 0.2) is 10.6 Å². The van der Waals surface area contributed by atoms with Gasteiger partial charge < -0.3 is 13.7 Å². The highest BCUT2D eigenvalue weighted by atomic mass is 32.1. The van der Waals surface area contributed by atoms with E-state index >= 15 is 0 Å². The van der Waals surface area contributed by atoms with Gasteiger partial charge in [0.1, 0.15) is 5.75 Å². The van der Waals surface area contributed by atoms with E-state index in [0.717, 1.165) is 27.7 Å². The molecule has 136 valence electrons. The van der Waals surface area contributed by atoms with Gasteiger partial charge in [-0.1, -0.05) is 19.3 Å². The summed E-state index contributed by atoms with van der Waals surface area (Å²) in [5.74, 6) is 1.80. The van der Waals surface area contributed by atoms with Crippen LogP contribution >= 0.6 is 11.3 Å². The van der Waals surface area contributed by atoms with Crippen LogP contribution in [0.4, 0.5) is 5.69 Å². The first-order valence-corrected chi connectivity index (χ1v) is 10.2. The number of rotatable bonds is 5. The lowest BCUT2D eigenvalue weighted by Crippen LogP contribution is -2.23. The number of ether oxygens (including phenoxy) is 1. The predicted octanol–water partition coefficient (Wildman–Crippen LogP) is 5.95. The van der Waals surface area contributed by atoms with Crippen molar-refractivity contribution in [2.24, 2.45) is 4.99 Å². The van der Waals surface area contributed by atoms with E-state index < -0.39 is 0 Å². The maximum absolute atomic E-state index is 5.68. The predicted molar refractivity (Wildman–Crippen MR) is 105 cm³/mol. The van der Waals surface area contributed by atoms with E-state index in [1.54, 1.807) is 17.6 Å². The molecule has 1 aromatic carbocycles. The molecule has 0 atom stereocenters. The fraction of sp³-hybridized carbons (Fsp3) is 0.381. The second-order valence-electron chi connectivity index (χ2n) is 6.58. The molecule has 0 spiro atoms. The summed E-state index contributed by atoms with van der Waals surface area (Å²) < 4.78 is 13.6. The Morgan fingerprint density at radius 2 is 1.96 bits per heavy atom. The van der Waals surface area contributed by atoms with Gasteiger partial charge in [0.05, 0.1) is 24.3 Å². The summed E-state index contributed by atoms with van der Waals surface area (Å²) in [7, 11) is 0. The van der Waals surface area contributed by atoms with Crippen molar-refractivity contribution in [2.75, 3.05) is 6.61 Å². The maximum Gasteiger partial charge on any atom is 0.190 e. The van der Waals surface area contributed by atoms with E-state index in [4.69, 9.17) is 14.1 Å². The fourth-order valence-corrected chi connectivity index (χ4v) is 4.56. The Morgan fingerprint density at radius 3 is 2.65 bits per heavy atom. The van der Waals surface area contributed by atoms with E-state index in [2.05, 4.69) is 9.95 Å². The summed E-state index contributed by atoms with van der Waals surface area (Å²) in [5, 5.41) is 2.17. The topological polar surface area (TPSA) is 39.7 Å². The Kier molecular flexibility index (Phi) is 5.25. The first-order valence-electron chi connectivity index (χ1n) is 9.36. The molecule has 0 saturated heterocycles. The van der Waals surface area contributed by atoms with E-state index in [-0.39, 0.29) is 0 Å². The molecule has 1 fully saturated rings. The lowest BCUT2D eigenvalue weighted by Gasteiger charge is -2.24. The SMILES string of the molecule is CCOc1ccc(N=c2scc(-c3ccco3)n2C2CCCCC2)cc1. The van der Waals surface area contributed by atoms with Crippen molar-refractivity contribution in [2.45, 2.75) is 45.1 Å². The van der Waals surface area contributed by atoms with Gasteiger partial charge in [-0.2, -0.15) is 0 Å². The van der Waals surface area contributed by atoms with E-state index in [9.17, 15) is 0 Å². The highest BCUT2D eigenvalue weighted by Gasteiger charge is 2.21. The zero-order valence-electron chi connectivity index (χ0n) is 15.1. The van der Waals surface area contributed by atoms with Crippen LogP contribution in [0.25, 0.3) is 11.5 Å². The maximum atomic E-state index is 5.68. The third-order valence-electron chi connectivity index (χ3n) is 4.83. The second kappa shape index (κ2) is 7.96. The van der Waals surface area contributed by atoms with Gasteiger partial charge in [-0.25, -0.2) is 4.99 Å². The minimum Gasteiger partial charge on any atom is -0.494 e. The molecule has 3 aromatic rings. The highest BCUT2D eigenvalue weighted by molar-refractivity contribution is 7.07. The molecule has 1 aliphatic carbocycles. The molecule has 2 heterocycles. The zero-order valence-corrected chi connectivity index (χ0v) is 15.9. The first kappa shape index (κ1) is 17.2. The lowest BCUT2D eigenvalue weighted by molar-refractivity contribution is 0.340. The standard InChI is InChI=1S/C21H24N2O2S/c1-2-24-18-12-10-16(11-13-18)22-21-23(17-7-4-3-5-8-17)19(15-26-21)20-9-6-14-25-20/h6,9-15,17H,2-5,7-8H2,1H3. The summed E-state index contributed by atoms with van der Waals surface area (Å²) in [6.45, 7) is 2.67. The van der Waals surface area contributed by atoms with Gasteiger partial charge in [0.25, 0.3) is 0 Å². The monoisotopic (exact) mass is 368 g/mol. The van der Waals surface area contributed by atoms with E-state index in [0.29, 0.717) is 12.6 Å². The largest absolute Gasteiger partial charge is 0.494 e. The summed E-state index contributed by atoms with van der Waals surface area (Å²) in [5.41, 5.74) is 2.09. The van der Waals surface area contributed by atoms with Crippen molar-refractivity contribution >= 4 is 17.0 Å². The summed E-state index contributed by atoms with van der Waals surface area (Å²) >= 11 is 1.68. The molecule has 0 bridgehead atoms. The number of benzene rings is 1. The first-order chi connectivity index (χ1) is 12.8. The number of thiazole rings is 1. The third kappa shape index (κ3) is 3.63. The van der Waals surface area contributed by atoms with E-state index in [1.807, 2.05) is 43.3 Å². The van der Waals surface area contributed by atoms with Crippen LogP contribution in [0.5, 0.6) is 5.75 Å². The molecule has 2 aromatic heterocycles. The number of nitrogens with zero attached hydrogens (tertiary/aromatic N) is 2. The third-order valence-corrected chi connectivity index (χ3v) is 5.67. The van der Waals surface area contributed by atoms with Crippen LogP contribution < -0.4 is 9.54 Å². The summed E-state index contributed by atoms with van der Waals surface area (Å²) in [6, 6.07) is 12.5. The van der Waals surface area contributed by atoms with Crippen molar-refractivity contribution in [3.8, 4) is 17.2 Å². The molecule has 1 aliphatic rings. The van der Waals surface area contributed by atoms with Crippen LogP contribution in [0.3, 0.4) is 0 Å². The molecular weight excluding hydrogens is 344 g/mol. The van der Waals surface area contributed by atoms with Crippen LogP contribution in [0, 0.1) is 0 Å². The number of hydrogen-bond donors (Lipinski definition) is 0. The van der Waals surface area contributed by atoms with Gasteiger partial charge >= 0.3 is 0 Å². The van der Waals surface area contributed by atoms with Crippen molar-refractivity contribution in [3.05, 3.63) is 52.8 Å². The lowest BCUT2D eigenvalue weighted by atomic mass is 9.95. The molecular formula is C21H24N2O2S. The Balaban J connectivity index is 1.75. The Labute approximate surface area is 157 Å². The summed E-state index contributed by atoms with van der Waals surface area (Å²) in [6.07, 6.45) is 8.06. The molecule has 4 rings (SSSR count). The molecule has 0 unspecified atom stereocenters. The smallest absolute Gasteiger partial charge is 0.190 e. The Hall–Kier alpha value is -2.27. The average molecular weight is 369 g/mol. The normalized spacial score (nSPS) is 16.1. The van der Waals surface area contributed by atoms with Crippen LogP contribution in [0.15, 0.2) is 57.5 Å². The molecule has 0 radical (unpaired) electrons. The molecule has 0 aliphatic heterocycles. The molecule has 5 heteroatoms. The van der Waals surface area contributed by atoms with Crippen LogP contribution in [0.1, 0.15) is 45.1 Å². The fourth-order valence-electron chi connectivity index (χ4n) is 3.59. The Morgan fingerprint density at radius 1 is 1.15 bits per heavy atom. The van der Waals surface area contributed by atoms with Crippen molar-refractivity contribution < 1.29 is 9.15 Å². The van der Waals surface area contributed by atoms with Gasteiger partial charge in [-0.3, -0.25) is 0 Å². The minimum absolute atomic E-state index is 0.497. The van der Waals surface area contributed by atoms with E-state index in [1.165, 1.54) is 32.1 Å². The van der Waals surface area contributed by atoms with Gasteiger partial charge in [0, 0.05) is 11.4 Å². The Bertz CT molecular complexity index is 885. The molecule has 0 amide bonds. The zero-order chi connectivity index (χ0) is 17.8. The van der Waals surface area contributed by atoms with Gasteiger partial charge in [0.2, 0.25) is 0 Å². The number of hydrogen-bond acceptors (Lipinski definition) is 4.